The highest BCUT2D eigenvalue weighted by atomic mass is 35.5. The van der Waals surface area contributed by atoms with Gasteiger partial charge in [0.1, 0.15) is 0 Å². The second-order valence-electron chi connectivity index (χ2n) is 6.84. The second kappa shape index (κ2) is 7.36. The normalized spacial score (nSPS) is 16.6. The lowest BCUT2D eigenvalue weighted by Crippen LogP contribution is -2.34. The van der Waals surface area contributed by atoms with E-state index in [1.54, 1.807) is 0 Å². The van der Waals surface area contributed by atoms with Crippen LogP contribution in [0.1, 0.15) is 18.4 Å². The van der Waals surface area contributed by atoms with Crippen molar-refractivity contribution >= 4 is 34.2 Å². The van der Waals surface area contributed by atoms with Crippen LogP contribution in [-0.2, 0) is 13.1 Å². The molecule has 4 rings (SSSR count). The first-order valence-electron chi connectivity index (χ1n) is 8.75. The third-order valence-corrected chi connectivity index (χ3v) is 5.69. The number of benzene rings is 2. The maximum atomic E-state index is 6.31. The van der Waals surface area contributed by atoms with Crippen LogP contribution in [0.5, 0.6) is 0 Å². The largest absolute Gasteiger partial charge is 0.330 e. The summed E-state index contributed by atoms with van der Waals surface area (Å²) in [5.74, 6) is 0.703. The van der Waals surface area contributed by atoms with Crippen molar-refractivity contribution in [3.63, 3.8) is 0 Å². The highest BCUT2D eigenvalue weighted by molar-refractivity contribution is 6.35. The summed E-state index contributed by atoms with van der Waals surface area (Å²) in [7, 11) is 0. The fourth-order valence-electron chi connectivity index (χ4n) is 3.65. The zero-order valence-electron chi connectivity index (χ0n) is 14.0. The molecule has 0 unspecified atom stereocenters. The molecule has 0 atom stereocenters. The van der Waals surface area contributed by atoms with Gasteiger partial charge in [-0.3, -0.25) is 4.90 Å². The summed E-state index contributed by atoms with van der Waals surface area (Å²) < 4.78 is 2.30. The van der Waals surface area contributed by atoms with Gasteiger partial charge in [0, 0.05) is 23.1 Å². The van der Waals surface area contributed by atoms with Gasteiger partial charge in [-0.15, -0.1) is 0 Å². The fourth-order valence-corrected chi connectivity index (χ4v) is 4.12. The SMILES string of the molecule is Clc1ccc(CN2CCC(Cn3cnc4ccccc43)CC2)c(Cl)c1. The summed E-state index contributed by atoms with van der Waals surface area (Å²) >= 11 is 12.3. The van der Waals surface area contributed by atoms with Crippen molar-refractivity contribution in [2.24, 2.45) is 5.92 Å². The van der Waals surface area contributed by atoms with Gasteiger partial charge in [-0.25, -0.2) is 4.98 Å². The molecule has 0 aliphatic carbocycles. The lowest BCUT2D eigenvalue weighted by Gasteiger charge is -2.32. The Balaban J connectivity index is 1.35. The van der Waals surface area contributed by atoms with E-state index in [0.717, 1.165) is 42.3 Å². The Kier molecular flexibility index (Phi) is 4.98. The van der Waals surface area contributed by atoms with Crippen molar-refractivity contribution < 1.29 is 0 Å². The van der Waals surface area contributed by atoms with Crippen LogP contribution in [0, 0.1) is 5.92 Å². The van der Waals surface area contributed by atoms with E-state index in [1.807, 2.05) is 30.6 Å². The van der Waals surface area contributed by atoms with E-state index in [1.165, 1.54) is 18.4 Å². The molecule has 1 saturated heterocycles. The first kappa shape index (κ1) is 16.9. The Bertz CT molecular complexity index is 866. The van der Waals surface area contributed by atoms with Crippen LogP contribution in [-0.4, -0.2) is 27.5 Å². The standard InChI is InChI=1S/C20H21Cl2N3/c21-17-6-5-16(18(22)11-17)13-24-9-7-15(8-10-24)12-25-14-23-19-3-1-2-4-20(19)25/h1-6,11,14-15H,7-10,12-13H2. The van der Waals surface area contributed by atoms with E-state index < -0.39 is 0 Å². The molecule has 1 fully saturated rings. The lowest BCUT2D eigenvalue weighted by atomic mass is 9.96. The Morgan fingerprint density at radius 2 is 1.84 bits per heavy atom. The third-order valence-electron chi connectivity index (χ3n) is 5.10. The molecule has 0 radical (unpaired) electrons. The Morgan fingerprint density at radius 1 is 1.04 bits per heavy atom. The molecule has 3 aromatic rings. The highest BCUT2D eigenvalue weighted by Gasteiger charge is 2.20. The zero-order chi connectivity index (χ0) is 17.2. The number of fused-ring (bicyclic) bond motifs is 1. The molecule has 0 saturated carbocycles. The van der Waals surface area contributed by atoms with Crippen LogP contribution >= 0.6 is 23.2 Å². The average Bonchev–Trinajstić information content (AvgIpc) is 3.02. The van der Waals surface area contributed by atoms with E-state index in [-0.39, 0.29) is 0 Å². The van der Waals surface area contributed by atoms with Crippen molar-refractivity contribution in [2.45, 2.75) is 25.9 Å². The molecule has 1 aromatic heterocycles. The lowest BCUT2D eigenvalue weighted by molar-refractivity contribution is 0.168. The number of aromatic nitrogens is 2. The van der Waals surface area contributed by atoms with E-state index in [0.29, 0.717) is 10.9 Å². The van der Waals surface area contributed by atoms with Crippen LogP contribution in [0.2, 0.25) is 10.0 Å². The third kappa shape index (κ3) is 3.84. The number of halogens is 2. The molecule has 130 valence electrons. The number of rotatable bonds is 4. The van der Waals surface area contributed by atoms with Gasteiger partial charge in [-0.2, -0.15) is 0 Å². The molecule has 1 aliphatic rings. The van der Waals surface area contributed by atoms with Gasteiger partial charge in [0.2, 0.25) is 0 Å². The number of hydrogen-bond donors (Lipinski definition) is 0. The summed E-state index contributed by atoms with van der Waals surface area (Å²) in [5, 5.41) is 1.46. The predicted molar refractivity (Wildman–Crippen MR) is 104 cm³/mol. The molecule has 1 aliphatic heterocycles. The fraction of sp³-hybridized carbons (Fsp3) is 0.350. The second-order valence-corrected chi connectivity index (χ2v) is 7.68. The quantitative estimate of drug-likeness (QED) is 0.622. The smallest absolute Gasteiger partial charge is 0.0958 e. The number of likely N-dealkylation sites (tertiary alicyclic amines) is 1. The molecule has 0 amide bonds. The molecule has 0 N–H and O–H groups in total. The maximum absolute atomic E-state index is 6.31. The van der Waals surface area contributed by atoms with Crippen molar-refractivity contribution in [3.8, 4) is 0 Å². The first-order valence-corrected chi connectivity index (χ1v) is 9.51. The molecule has 0 spiro atoms. The van der Waals surface area contributed by atoms with Crippen LogP contribution in [0.3, 0.4) is 0 Å². The van der Waals surface area contributed by atoms with Gasteiger partial charge in [-0.1, -0.05) is 41.4 Å². The monoisotopic (exact) mass is 373 g/mol. The Hall–Kier alpha value is -1.55. The molecule has 5 heteroatoms. The predicted octanol–water partition coefficient (Wildman–Crippen LogP) is 5.26. The number of imidazole rings is 1. The van der Waals surface area contributed by atoms with Crippen molar-refractivity contribution in [1.82, 2.24) is 14.5 Å². The summed E-state index contributed by atoms with van der Waals surface area (Å²) in [4.78, 5) is 6.98. The minimum Gasteiger partial charge on any atom is -0.330 e. The van der Waals surface area contributed by atoms with Gasteiger partial charge in [0.05, 0.1) is 17.4 Å². The molecular weight excluding hydrogens is 353 g/mol. The Morgan fingerprint density at radius 3 is 2.64 bits per heavy atom. The van der Waals surface area contributed by atoms with Gasteiger partial charge >= 0.3 is 0 Å². The summed E-state index contributed by atoms with van der Waals surface area (Å²) in [6, 6.07) is 14.1. The van der Waals surface area contributed by atoms with Crippen LogP contribution in [0.25, 0.3) is 11.0 Å². The summed E-state index contributed by atoms with van der Waals surface area (Å²) in [6.45, 7) is 4.17. The van der Waals surface area contributed by atoms with Crippen molar-refractivity contribution in [1.29, 1.82) is 0 Å². The van der Waals surface area contributed by atoms with Gasteiger partial charge < -0.3 is 4.57 Å². The number of nitrogens with zero attached hydrogens (tertiary/aromatic N) is 3. The van der Waals surface area contributed by atoms with Crippen LogP contribution < -0.4 is 0 Å². The maximum Gasteiger partial charge on any atom is 0.0958 e. The number of para-hydroxylation sites is 2. The van der Waals surface area contributed by atoms with Crippen LogP contribution in [0.15, 0.2) is 48.8 Å². The summed E-state index contributed by atoms with van der Waals surface area (Å²) in [6.07, 6.45) is 4.39. The van der Waals surface area contributed by atoms with E-state index >= 15 is 0 Å². The molecule has 2 heterocycles. The van der Waals surface area contributed by atoms with Gasteiger partial charge in [-0.05, 0) is 61.7 Å². The molecular formula is C20H21Cl2N3. The minimum absolute atomic E-state index is 0.694. The molecule has 0 bridgehead atoms. The van der Waals surface area contributed by atoms with Gasteiger partial charge in [0.15, 0.2) is 0 Å². The molecule has 3 nitrogen and oxygen atoms in total. The van der Waals surface area contributed by atoms with Crippen molar-refractivity contribution in [3.05, 3.63) is 64.4 Å². The van der Waals surface area contributed by atoms with E-state index in [4.69, 9.17) is 23.2 Å². The number of piperidine rings is 1. The minimum atomic E-state index is 0.694. The summed E-state index contributed by atoms with van der Waals surface area (Å²) in [5.41, 5.74) is 3.47. The van der Waals surface area contributed by atoms with Crippen LogP contribution in [0.4, 0.5) is 0 Å². The van der Waals surface area contributed by atoms with Crippen molar-refractivity contribution in [2.75, 3.05) is 13.1 Å². The highest BCUT2D eigenvalue weighted by Crippen LogP contribution is 2.26. The molecule has 25 heavy (non-hydrogen) atoms. The van der Waals surface area contributed by atoms with E-state index in [9.17, 15) is 0 Å². The van der Waals surface area contributed by atoms with Gasteiger partial charge in [0.25, 0.3) is 0 Å². The zero-order valence-corrected chi connectivity index (χ0v) is 15.5. The average molecular weight is 374 g/mol. The van der Waals surface area contributed by atoms with E-state index in [2.05, 4.69) is 32.7 Å². The Labute approximate surface area is 158 Å². The first-order chi connectivity index (χ1) is 12.2. The topological polar surface area (TPSA) is 21.1 Å². The molecule has 2 aromatic carbocycles. The number of hydrogen-bond acceptors (Lipinski definition) is 2.